The van der Waals surface area contributed by atoms with E-state index in [4.69, 9.17) is 0 Å². The van der Waals surface area contributed by atoms with E-state index >= 15 is 0 Å². The van der Waals surface area contributed by atoms with Gasteiger partial charge in [-0.05, 0) is 68.4 Å². The molecule has 2 fully saturated rings. The lowest BCUT2D eigenvalue weighted by Crippen LogP contribution is -2.65. The minimum Gasteiger partial charge on any atom is -0.390 e. The summed E-state index contributed by atoms with van der Waals surface area (Å²) in [5.74, 6) is 0.640. The van der Waals surface area contributed by atoms with Crippen molar-refractivity contribution in [2.75, 3.05) is 6.54 Å². The molecule has 1 saturated carbocycles. The quantitative estimate of drug-likeness (QED) is 0.804. The number of piperidine rings is 1. The maximum absolute atomic E-state index is 13.7. The van der Waals surface area contributed by atoms with Crippen molar-refractivity contribution in [2.45, 2.75) is 90.2 Å². The van der Waals surface area contributed by atoms with E-state index in [1.54, 1.807) is 0 Å². The third kappa shape index (κ3) is 2.93. The van der Waals surface area contributed by atoms with Gasteiger partial charge in [0.1, 0.15) is 0 Å². The fourth-order valence-corrected chi connectivity index (χ4v) is 6.43. The normalized spacial score (nSPS) is 34.6. The highest BCUT2D eigenvalue weighted by molar-refractivity contribution is 5.80. The van der Waals surface area contributed by atoms with Crippen molar-refractivity contribution < 1.29 is 9.90 Å². The zero-order chi connectivity index (χ0) is 20.3. The molecule has 3 aliphatic rings. The summed E-state index contributed by atoms with van der Waals surface area (Å²) in [6, 6.07) is 9.12. The molecule has 0 aromatic heterocycles. The zero-order valence-electron chi connectivity index (χ0n) is 18.3. The van der Waals surface area contributed by atoms with Gasteiger partial charge in [-0.25, -0.2) is 0 Å². The van der Waals surface area contributed by atoms with Gasteiger partial charge in [0.2, 0.25) is 5.91 Å². The third-order valence-electron chi connectivity index (χ3n) is 8.81. The highest BCUT2D eigenvalue weighted by Crippen LogP contribution is 2.56. The molecule has 28 heavy (non-hydrogen) atoms. The molecule has 3 nitrogen and oxygen atoms in total. The number of carbonyl (C=O) groups is 1. The predicted molar refractivity (Wildman–Crippen MR) is 113 cm³/mol. The third-order valence-corrected chi connectivity index (χ3v) is 8.81. The first kappa shape index (κ1) is 19.9. The molecule has 4 rings (SSSR count). The van der Waals surface area contributed by atoms with E-state index in [0.29, 0.717) is 5.91 Å². The summed E-state index contributed by atoms with van der Waals surface area (Å²) in [7, 11) is 0. The van der Waals surface area contributed by atoms with E-state index < -0.39 is 5.60 Å². The average Bonchev–Trinajstić information content (AvgIpc) is 2.64. The SMILES string of the molecule is CC(C)(O)[C@@H]1CCC[C@H](C(=O)N2CC[C@@]3(C)c4ccccc4C[C@@H]2C3(C)C)C1. The Bertz CT molecular complexity index is 762. The number of fused-ring (bicyclic) bond motifs is 4. The summed E-state index contributed by atoms with van der Waals surface area (Å²) >= 11 is 0. The molecular formula is C25H37NO2. The number of carbonyl (C=O) groups excluding carboxylic acids is 1. The number of aliphatic hydroxyl groups is 1. The molecule has 0 radical (unpaired) electrons. The van der Waals surface area contributed by atoms with Gasteiger partial charge in [-0.3, -0.25) is 4.79 Å². The van der Waals surface area contributed by atoms with Crippen molar-refractivity contribution in [2.24, 2.45) is 17.3 Å². The summed E-state index contributed by atoms with van der Waals surface area (Å²) in [5.41, 5.74) is 2.39. The number of amides is 1. The molecule has 1 amide bonds. The highest BCUT2D eigenvalue weighted by Gasteiger charge is 2.57. The molecule has 2 bridgehead atoms. The Morgan fingerprint density at radius 3 is 2.61 bits per heavy atom. The molecule has 2 aliphatic carbocycles. The Morgan fingerprint density at radius 2 is 1.89 bits per heavy atom. The Kier molecular flexibility index (Phi) is 4.69. The predicted octanol–water partition coefficient (Wildman–Crippen LogP) is 4.70. The lowest BCUT2D eigenvalue weighted by molar-refractivity contribution is -0.151. The molecule has 1 saturated heterocycles. The molecule has 1 aromatic rings. The van der Waals surface area contributed by atoms with E-state index in [2.05, 4.69) is 49.9 Å². The van der Waals surface area contributed by atoms with Crippen LogP contribution in [0.15, 0.2) is 24.3 Å². The highest BCUT2D eigenvalue weighted by atomic mass is 16.3. The van der Waals surface area contributed by atoms with Gasteiger partial charge in [0.15, 0.2) is 0 Å². The lowest BCUT2D eigenvalue weighted by Gasteiger charge is -2.61. The van der Waals surface area contributed by atoms with Gasteiger partial charge in [-0.2, -0.15) is 0 Å². The van der Waals surface area contributed by atoms with Crippen LogP contribution in [0.3, 0.4) is 0 Å². The van der Waals surface area contributed by atoms with Crippen molar-refractivity contribution >= 4 is 5.91 Å². The maximum atomic E-state index is 13.7. The largest absolute Gasteiger partial charge is 0.390 e. The first-order valence-electron chi connectivity index (χ1n) is 11.2. The Morgan fingerprint density at radius 1 is 1.18 bits per heavy atom. The molecule has 1 N–H and O–H groups in total. The molecule has 0 spiro atoms. The molecule has 4 atom stereocenters. The van der Waals surface area contributed by atoms with Crippen molar-refractivity contribution in [1.29, 1.82) is 0 Å². The topological polar surface area (TPSA) is 40.5 Å². The van der Waals surface area contributed by atoms with Gasteiger partial charge in [-0.1, -0.05) is 51.5 Å². The Labute approximate surface area is 170 Å². The van der Waals surface area contributed by atoms with Crippen LogP contribution in [-0.4, -0.2) is 34.1 Å². The van der Waals surface area contributed by atoms with Crippen LogP contribution in [0.25, 0.3) is 0 Å². The second-order valence-electron chi connectivity index (χ2n) is 10.9. The van der Waals surface area contributed by atoms with Gasteiger partial charge >= 0.3 is 0 Å². The number of hydrogen-bond acceptors (Lipinski definition) is 2. The van der Waals surface area contributed by atoms with Crippen LogP contribution >= 0.6 is 0 Å². The number of hydrogen-bond donors (Lipinski definition) is 1. The van der Waals surface area contributed by atoms with E-state index in [0.717, 1.165) is 45.1 Å². The smallest absolute Gasteiger partial charge is 0.225 e. The van der Waals surface area contributed by atoms with Gasteiger partial charge in [-0.15, -0.1) is 0 Å². The minimum absolute atomic E-state index is 0.0551. The average molecular weight is 384 g/mol. The molecule has 3 heteroatoms. The van der Waals surface area contributed by atoms with Gasteiger partial charge < -0.3 is 10.0 Å². The first-order valence-corrected chi connectivity index (χ1v) is 11.2. The lowest BCUT2D eigenvalue weighted by atomic mass is 9.51. The van der Waals surface area contributed by atoms with E-state index in [9.17, 15) is 9.90 Å². The van der Waals surface area contributed by atoms with E-state index in [1.165, 1.54) is 11.1 Å². The number of rotatable bonds is 2. The van der Waals surface area contributed by atoms with Gasteiger partial charge in [0, 0.05) is 23.9 Å². The number of likely N-dealkylation sites (tertiary alicyclic amines) is 1. The van der Waals surface area contributed by atoms with Crippen LogP contribution < -0.4 is 0 Å². The molecule has 1 aliphatic heterocycles. The van der Waals surface area contributed by atoms with Gasteiger partial charge in [0.25, 0.3) is 0 Å². The fraction of sp³-hybridized carbons (Fsp3) is 0.720. The van der Waals surface area contributed by atoms with Crippen molar-refractivity contribution in [3.63, 3.8) is 0 Å². The Hall–Kier alpha value is -1.35. The van der Waals surface area contributed by atoms with Crippen molar-refractivity contribution in [3.05, 3.63) is 35.4 Å². The van der Waals surface area contributed by atoms with Crippen molar-refractivity contribution in [1.82, 2.24) is 4.90 Å². The molecule has 154 valence electrons. The second kappa shape index (κ2) is 6.58. The standard InChI is InChI=1S/C25H37NO2/c1-23(2)21-16-17-9-6-7-12-20(17)25(23,5)13-14-26(21)22(27)18-10-8-11-19(15-18)24(3,4)28/h6-7,9,12,18-19,21,28H,8,10-11,13-16H2,1-5H3/t18-,19+,21+,25-/m0/s1. The number of benzene rings is 1. The Balaban J connectivity index is 1.62. The summed E-state index contributed by atoms with van der Waals surface area (Å²) < 4.78 is 0. The van der Waals surface area contributed by atoms with Crippen LogP contribution in [-0.2, 0) is 16.6 Å². The number of nitrogens with zero attached hydrogens (tertiary/aromatic N) is 1. The fourth-order valence-electron chi connectivity index (χ4n) is 6.43. The van der Waals surface area contributed by atoms with Crippen LogP contribution in [0.1, 0.15) is 77.8 Å². The van der Waals surface area contributed by atoms with Gasteiger partial charge in [0.05, 0.1) is 5.60 Å². The first-order chi connectivity index (χ1) is 13.1. The van der Waals surface area contributed by atoms with Crippen LogP contribution in [0.4, 0.5) is 0 Å². The van der Waals surface area contributed by atoms with Crippen molar-refractivity contribution in [3.8, 4) is 0 Å². The summed E-state index contributed by atoms with van der Waals surface area (Å²) in [4.78, 5) is 15.9. The molecule has 1 heterocycles. The summed E-state index contributed by atoms with van der Waals surface area (Å²) in [6.45, 7) is 11.8. The summed E-state index contributed by atoms with van der Waals surface area (Å²) in [6.07, 6.45) is 5.89. The summed E-state index contributed by atoms with van der Waals surface area (Å²) in [5, 5.41) is 10.5. The molecule has 0 unspecified atom stereocenters. The minimum atomic E-state index is -0.692. The van der Waals surface area contributed by atoms with E-state index in [-0.39, 0.29) is 28.7 Å². The van der Waals surface area contributed by atoms with Crippen LogP contribution in [0.5, 0.6) is 0 Å². The van der Waals surface area contributed by atoms with Crippen LogP contribution in [0.2, 0.25) is 0 Å². The monoisotopic (exact) mass is 383 g/mol. The molecule has 1 aromatic carbocycles. The zero-order valence-corrected chi connectivity index (χ0v) is 18.3. The molecular weight excluding hydrogens is 346 g/mol. The van der Waals surface area contributed by atoms with Crippen LogP contribution in [0, 0.1) is 17.3 Å². The maximum Gasteiger partial charge on any atom is 0.225 e. The van der Waals surface area contributed by atoms with E-state index in [1.807, 2.05) is 13.8 Å². The second-order valence-corrected chi connectivity index (χ2v) is 10.9.